The Hall–Kier alpha value is -1.46. The van der Waals surface area contributed by atoms with Crippen molar-refractivity contribution in [3.8, 4) is 11.5 Å². The molecule has 138 valence electrons. The summed E-state index contributed by atoms with van der Waals surface area (Å²) in [7, 11) is 1.72. The Bertz CT molecular complexity index is 799. The lowest BCUT2D eigenvalue weighted by atomic mass is 9.89. The van der Waals surface area contributed by atoms with Gasteiger partial charge >= 0.3 is 0 Å². The van der Waals surface area contributed by atoms with E-state index < -0.39 is 0 Å². The molecule has 2 aromatic carbocycles. The van der Waals surface area contributed by atoms with Crippen molar-refractivity contribution in [2.24, 2.45) is 0 Å². The van der Waals surface area contributed by atoms with Crippen LogP contribution < -0.4 is 15.0 Å². The number of rotatable bonds is 4. The highest BCUT2D eigenvalue weighted by Gasteiger charge is 2.38. The van der Waals surface area contributed by atoms with Crippen LogP contribution in [0.25, 0.3) is 0 Å². The zero-order valence-electron chi connectivity index (χ0n) is 14.7. The van der Waals surface area contributed by atoms with Gasteiger partial charge in [0.2, 0.25) is 0 Å². The minimum atomic E-state index is 0.133. The van der Waals surface area contributed by atoms with Crippen LogP contribution in [0, 0.1) is 0 Å². The van der Waals surface area contributed by atoms with Crippen LogP contribution in [-0.4, -0.2) is 32.8 Å². The summed E-state index contributed by atoms with van der Waals surface area (Å²) in [6.45, 7) is 2.41. The van der Waals surface area contributed by atoms with E-state index >= 15 is 0 Å². The highest BCUT2D eigenvalue weighted by atomic mass is 35.5. The molecule has 0 saturated carbocycles. The van der Waals surface area contributed by atoms with Gasteiger partial charge in [0.25, 0.3) is 0 Å². The van der Waals surface area contributed by atoms with Gasteiger partial charge in [0.05, 0.1) is 22.7 Å². The topological polar surface area (TPSA) is 33.7 Å². The van der Waals surface area contributed by atoms with Crippen LogP contribution >= 0.6 is 23.2 Å². The van der Waals surface area contributed by atoms with Gasteiger partial charge in [-0.05, 0) is 31.0 Å². The molecule has 0 aliphatic carbocycles. The normalized spacial score (nSPS) is 21.3. The molecule has 1 saturated heterocycles. The van der Waals surface area contributed by atoms with Gasteiger partial charge in [0.15, 0.2) is 5.75 Å². The molecule has 2 aliphatic rings. The maximum absolute atomic E-state index is 6.63. The molecule has 6 heteroatoms. The first-order valence-corrected chi connectivity index (χ1v) is 9.70. The number of nitrogens with one attached hydrogen (secondary N) is 1. The second kappa shape index (κ2) is 7.65. The van der Waals surface area contributed by atoms with E-state index in [0.717, 1.165) is 43.1 Å². The van der Waals surface area contributed by atoms with Crippen LogP contribution in [0.5, 0.6) is 11.5 Å². The summed E-state index contributed by atoms with van der Waals surface area (Å²) in [4.78, 5) is 2.35. The first-order valence-electron chi connectivity index (χ1n) is 8.94. The number of para-hydroxylation sites is 1. The summed E-state index contributed by atoms with van der Waals surface area (Å²) in [6.07, 6.45) is 2.17. The fraction of sp³-hybridized carbons (Fsp3) is 0.400. The average Bonchev–Trinajstić information content (AvgIpc) is 2.80. The third kappa shape index (κ3) is 3.16. The van der Waals surface area contributed by atoms with E-state index in [1.807, 2.05) is 18.2 Å². The zero-order chi connectivity index (χ0) is 18.1. The number of methoxy groups -OCH3 is 1. The lowest BCUT2D eigenvalue weighted by Gasteiger charge is -2.43. The van der Waals surface area contributed by atoms with Crippen LogP contribution in [0.1, 0.15) is 24.4 Å². The quantitative estimate of drug-likeness (QED) is 0.738. The summed E-state index contributed by atoms with van der Waals surface area (Å²) in [5, 5.41) is 4.76. The van der Waals surface area contributed by atoms with Gasteiger partial charge in [-0.3, -0.25) is 0 Å². The molecule has 2 heterocycles. The standard InChI is InChI=1S/C20H22Cl2N2O2/c1-25-12-10-23-15-6-4-11-24-19(15)13-5-2-3-7-16(13)26-17-9-8-14(21)18(22)20(17)24/h2-3,5,7-9,15,19,23H,4,6,10-12H2,1H3/t15-,19-/m1/s1. The number of benzene rings is 2. The third-order valence-corrected chi connectivity index (χ3v) is 5.91. The molecule has 0 spiro atoms. The summed E-state index contributed by atoms with van der Waals surface area (Å²) in [5.41, 5.74) is 2.06. The van der Waals surface area contributed by atoms with Crippen LogP contribution in [0.4, 0.5) is 5.69 Å². The van der Waals surface area contributed by atoms with E-state index in [0.29, 0.717) is 16.7 Å². The Kier molecular flexibility index (Phi) is 5.28. The minimum Gasteiger partial charge on any atom is -0.455 e. The van der Waals surface area contributed by atoms with Crippen molar-refractivity contribution in [3.63, 3.8) is 0 Å². The Morgan fingerprint density at radius 1 is 1.19 bits per heavy atom. The molecule has 0 amide bonds. The van der Waals surface area contributed by atoms with Gasteiger partial charge in [0, 0.05) is 31.8 Å². The zero-order valence-corrected chi connectivity index (χ0v) is 16.2. The van der Waals surface area contributed by atoms with Gasteiger partial charge in [-0.1, -0.05) is 41.4 Å². The SMILES string of the molecule is COCCN[C@@H]1CCCN2c3c(ccc(Cl)c3Cl)Oc3ccccc3[C@H]12. The molecule has 26 heavy (non-hydrogen) atoms. The summed E-state index contributed by atoms with van der Waals surface area (Å²) >= 11 is 13.0. The van der Waals surface area contributed by atoms with Crippen LogP contribution in [0.2, 0.25) is 10.0 Å². The van der Waals surface area contributed by atoms with Crippen molar-refractivity contribution >= 4 is 28.9 Å². The van der Waals surface area contributed by atoms with Crippen LogP contribution in [0.15, 0.2) is 36.4 Å². The third-order valence-electron chi connectivity index (χ3n) is 5.12. The first kappa shape index (κ1) is 17.9. The van der Waals surface area contributed by atoms with E-state index in [1.54, 1.807) is 13.2 Å². The van der Waals surface area contributed by atoms with Crippen molar-refractivity contribution < 1.29 is 9.47 Å². The lowest BCUT2D eigenvalue weighted by molar-refractivity contribution is 0.190. The Morgan fingerprint density at radius 2 is 2.04 bits per heavy atom. The Morgan fingerprint density at radius 3 is 2.88 bits per heavy atom. The molecule has 4 nitrogen and oxygen atoms in total. The molecule has 0 bridgehead atoms. The van der Waals surface area contributed by atoms with Crippen LogP contribution in [-0.2, 0) is 4.74 Å². The highest BCUT2D eigenvalue weighted by molar-refractivity contribution is 6.44. The summed E-state index contributed by atoms with van der Waals surface area (Å²) in [5.74, 6) is 1.63. The highest BCUT2D eigenvalue weighted by Crippen LogP contribution is 2.51. The van der Waals surface area contributed by atoms with Gasteiger partial charge in [-0.2, -0.15) is 0 Å². The van der Waals surface area contributed by atoms with Gasteiger partial charge in [0.1, 0.15) is 11.4 Å². The predicted octanol–water partition coefficient (Wildman–Crippen LogP) is 5.05. The molecule has 4 rings (SSSR count). The monoisotopic (exact) mass is 392 g/mol. The number of halogens is 2. The first-order chi connectivity index (χ1) is 12.7. The van der Waals surface area contributed by atoms with Crippen LogP contribution in [0.3, 0.4) is 0 Å². The van der Waals surface area contributed by atoms with Gasteiger partial charge in [-0.25, -0.2) is 0 Å². The van der Waals surface area contributed by atoms with Gasteiger partial charge < -0.3 is 19.7 Å². The smallest absolute Gasteiger partial charge is 0.152 e. The number of hydrogen-bond acceptors (Lipinski definition) is 4. The number of ether oxygens (including phenoxy) is 2. The second-order valence-electron chi connectivity index (χ2n) is 6.68. The molecule has 2 atom stereocenters. The number of nitrogens with zero attached hydrogens (tertiary/aromatic N) is 1. The average molecular weight is 393 g/mol. The summed E-state index contributed by atoms with van der Waals surface area (Å²) < 4.78 is 11.5. The van der Waals surface area contributed by atoms with E-state index in [1.165, 1.54) is 5.56 Å². The van der Waals surface area contributed by atoms with E-state index in [4.69, 9.17) is 32.7 Å². The van der Waals surface area contributed by atoms with Crippen molar-refractivity contribution in [3.05, 3.63) is 52.0 Å². The lowest BCUT2D eigenvalue weighted by Crippen LogP contribution is -2.49. The van der Waals surface area contributed by atoms with E-state index in [-0.39, 0.29) is 12.1 Å². The summed E-state index contributed by atoms with van der Waals surface area (Å²) in [6, 6.07) is 12.3. The molecule has 0 unspecified atom stereocenters. The number of anilines is 1. The molecule has 1 fully saturated rings. The molecular formula is C20H22Cl2N2O2. The minimum absolute atomic E-state index is 0.133. The molecule has 0 aromatic heterocycles. The molecule has 2 aliphatic heterocycles. The Labute approximate surface area is 164 Å². The molecule has 2 aromatic rings. The van der Waals surface area contributed by atoms with Gasteiger partial charge in [-0.15, -0.1) is 0 Å². The number of hydrogen-bond donors (Lipinski definition) is 1. The number of fused-ring (bicyclic) bond motifs is 5. The Balaban J connectivity index is 1.82. The number of piperidine rings is 1. The van der Waals surface area contributed by atoms with Crippen molar-refractivity contribution in [2.75, 3.05) is 31.7 Å². The fourth-order valence-corrected chi connectivity index (χ4v) is 4.42. The van der Waals surface area contributed by atoms with Crippen molar-refractivity contribution in [1.29, 1.82) is 0 Å². The molecular weight excluding hydrogens is 371 g/mol. The second-order valence-corrected chi connectivity index (χ2v) is 7.47. The predicted molar refractivity (Wildman–Crippen MR) is 106 cm³/mol. The van der Waals surface area contributed by atoms with Crippen molar-refractivity contribution in [2.45, 2.75) is 24.9 Å². The largest absolute Gasteiger partial charge is 0.455 e. The molecule has 1 N–H and O–H groups in total. The maximum atomic E-state index is 6.63. The van der Waals surface area contributed by atoms with E-state index in [9.17, 15) is 0 Å². The fourth-order valence-electron chi connectivity index (χ4n) is 4.00. The van der Waals surface area contributed by atoms with E-state index in [2.05, 4.69) is 22.3 Å². The molecule has 0 radical (unpaired) electrons. The maximum Gasteiger partial charge on any atom is 0.152 e. The van der Waals surface area contributed by atoms with Crippen molar-refractivity contribution in [1.82, 2.24) is 5.32 Å².